The molecule has 28 heavy (non-hydrogen) atoms. The summed E-state index contributed by atoms with van der Waals surface area (Å²) in [6, 6.07) is 9.87. The number of benzene rings is 1. The van der Waals surface area contributed by atoms with Crippen LogP contribution in [0.3, 0.4) is 0 Å². The van der Waals surface area contributed by atoms with Crippen molar-refractivity contribution in [2.24, 2.45) is 11.7 Å². The lowest BCUT2D eigenvalue weighted by Crippen LogP contribution is -2.42. The number of primary amides is 1. The second-order valence-electron chi connectivity index (χ2n) is 7.40. The molecule has 0 aliphatic carbocycles. The first-order chi connectivity index (χ1) is 13.6. The fourth-order valence-corrected chi connectivity index (χ4v) is 5.01. The van der Waals surface area contributed by atoms with Gasteiger partial charge in [0.15, 0.2) is 0 Å². The van der Waals surface area contributed by atoms with E-state index in [1.165, 1.54) is 11.3 Å². The molecule has 148 valence electrons. The smallest absolute Gasteiger partial charge is 0.261 e. The number of thiophene rings is 1. The highest BCUT2D eigenvalue weighted by Crippen LogP contribution is 2.42. The molecule has 7 heteroatoms. The number of nitrogens with two attached hydrogens (primary N) is 1. The van der Waals surface area contributed by atoms with E-state index in [9.17, 15) is 9.59 Å². The Bertz CT molecular complexity index is 880. The van der Waals surface area contributed by atoms with Crippen molar-refractivity contribution in [1.82, 2.24) is 10.2 Å². The second-order valence-corrected chi connectivity index (χ2v) is 8.45. The molecule has 0 radical (unpaired) electrons. The van der Waals surface area contributed by atoms with Gasteiger partial charge in [-0.25, -0.2) is 0 Å². The van der Waals surface area contributed by atoms with Crippen LogP contribution in [0.4, 0.5) is 0 Å². The molecule has 1 unspecified atom stereocenters. The van der Waals surface area contributed by atoms with E-state index < -0.39 is 0 Å². The van der Waals surface area contributed by atoms with Crippen molar-refractivity contribution in [3.05, 3.63) is 40.8 Å². The zero-order chi connectivity index (χ0) is 19.5. The number of amides is 2. The highest BCUT2D eigenvalue weighted by Gasteiger charge is 2.24. The van der Waals surface area contributed by atoms with E-state index in [-0.39, 0.29) is 17.7 Å². The first-order valence-electron chi connectivity index (χ1n) is 9.76. The number of carbonyl (C=O) groups excluding carboxylic acids is 2. The van der Waals surface area contributed by atoms with Crippen LogP contribution in [0, 0.1) is 5.92 Å². The number of likely N-dealkylation sites (tertiary alicyclic amines) is 1. The van der Waals surface area contributed by atoms with Crippen LogP contribution in [-0.4, -0.2) is 42.9 Å². The molecule has 2 amide bonds. The van der Waals surface area contributed by atoms with Gasteiger partial charge in [0.2, 0.25) is 5.91 Å². The summed E-state index contributed by atoms with van der Waals surface area (Å²) < 4.78 is 5.77. The first kappa shape index (κ1) is 19.0. The SMILES string of the molecule is NC(=O)C1CCCN(CCCNC(=O)c2cc3c(s2)-c2ccccc2OC3)C1. The highest BCUT2D eigenvalue weighted by atomic mass is 32.1. The molecule has 1 fully saturated rings. The topological polar surface area (TPSA) is 84.7 Å². The van der Waals surface area contributed by atoms with E-state index in [0.717, 1.165) is 65.5 Å². The van der Waals surface area contributed by atoms with Gasteiger partial charge < -0.3 is 20.7 Å². The predicted octanol–water partition coefficient (Wildman–Crippen LogP) is 2.62. The average molecular weight is 400 g/mol. The molecule has 4 rings (SSSR count). The maximum Gasteiger partial charge on any atom is 0.261 e. The number of fused-ring (bicyclic) bond motifs is 3. The summed E-state index contributed by atoms with van der Waals surface area (Å²) in [5.74, 6) is 0.598. The summed E-state index contributed by atoms with van der Waals surface area (Å²) in [5, 5.41) is 3.02. The van der Waals surface area contributed by atoms with Crippen molar-refractivity contribution < 1.29 is 14.3 Å². The molecule has 1 saturated heterocycles. The van der Waals surface area contributed by atoms with Crippen LogP contribution in [0.1, 0.15) is 34.5 Å². The van der Waals surface area contributed by atoms with E-state index in [2.05, 4.69) is 10.2 Å². The molecular weight excluding hydrogens is 374 g/mol. The number of carbonyl (C=O) groups is 2. The highest BCUT2D eigenvalue weighted by molar-refractivity contribution is 7.17. The van der Waals surface area contributed by atoms with Crippen LogP contribution in [0.2, 0.25) is 0 Å². The van der Waals surface area contributed by atoms with Gasteiger partial charge in [-0.3, -0.25) is 9.59 Å². The number of rotatable bonds is 6. The molecule has 1 aromatic heterocycles. The Morgan fingerprint density at radius 3 is 3.04 bits per heavy atom. The van der Waals surface area contributed by atoms with Crippen LogP contribution in [0.15, 0.2) is 30.3 Å². The standard InChI is InChI=1S/C21H25N3O3S/c22-20(25)14-5-3-9-24(12-14)10-4-8-23-21(26)18-11-15-13-27-17-7-2-1-6-16(17)19(15)28-18/h1-2,6-7,11,14H,3-5,8-10,12-13H2,(H2,22,25)(H,23,26). The fourth-order valence-electron chi connectivity index (χ4n) is 3.89. The summed E-state index contributed by atoms with van der Waals surface area (Å²) in [5.41, 5.74) is 7.56. The van der Waals surface area contributed by atoms with Crippen LogP contribution in [0.5, 0.6) is 5.75 Å². The summed E-state index contributed by atoms with van der Waals surface area (Å²) in [4.78, 5) is 28.0. The summed E-state index contributed by atoms with van der Waals surface area (Å²) in [7, 11) is 0. The average Bonchev–Trinajstić information content (AvgIpc) is 3.16. The molecule has 6 nitrogen and oxygen atoms in total. The largest absolute Gasteiger partial charge is 0.488 e. The molecule has 1 atom stereocenters. The van der Waals surface area contributed by atoms with Crippen LogP contribution in [0.25, 0.3) is 10.4 Å². The van der Waals surface area contributed by atoms with Crippen molar-refractivity contribution in [1.29, 1.82) is 0 Å². The van der Waals surface area contributed by atoms with Gasteiger partial charge in [0, 0.05) is 29.1 Å². The van der Waals surface area contributed by atoms with Gasteiger partial charge >= 0.3 is 0 Å². The quantitative estimate of drug-likeness (QED) is 0.732. The molecule has 0 saturated carbocycles. The van der Waals surface area contributed by atoms with Crippen molar-refractivity contribution in [2.75, 3.05) is 26.2 Å². The number of nitrogens with zero attached hydrogens (tertiary/aromatic N) is 1. The molecule has 2 aromatic rings. The lowest BCUT2D eigenvalue weighted by molar-refractivity contribution is -0.123. The Morgan fingerprint density at radius 1 is 1.32 bits per heavy atom. The van der Waals surface area contributed by atoms with Gasteiger partial charge in [-0.05, 0) is 50.6 Å². The summed E-state index contributed by atoms with van der Waals surface area (Å²) in [6.45, 7) is 3.72. The van der Waals surface area contributed by atoms with E-state index in [4.69, 9.17) is 10.5 Å². The van der Waals surface area contributed by atoms with Gasteiger partial charge in [0.25, 0.3) is 5.91 Å². The van der Waals surface area contributed by atoms with Crippen LogP contribution >= 0.6 is 11.3 Å². The molecule has 2 aliphatic rings. The van der Waals surface area contributed by atoms with E-state index >= 15 is 0 Å². The van der Waals surface area contributed by atoms with Gasteiger partial charge in [0.1, 0.15) is 12.4 Å². The number of hydrogen-bond donors (Lipinski definition) is 2. The normalized spacial score (nSPS) is 18.6. The molecule has 3 heterocycles. The Hall–Kier alpha value is -2.38. The third kappa shape index (κ3) is 4.05. The molecule has 2 aliphatic heterocycles. The minimum atomic E-state index is -0.204. The van der Waals surface area contributed by atoms with Gasteiger partial charge in [-0.15, -0.1) is 11.3 Å². The third-order valence-corrected chi connectivity index (χ3v) is 6.60. The molecule has 0 bridgehead atoms. The monoisotopic (exact) mass is 399 g/mol. The molecular formula is C21H25N3O3S. The maximum absolute atomic E-state index is 12.6. The van der Waals surface area contributed by atoms with Crippen molar-refractivity contribution in [3.63, 3.8) is 0 Å². The first-order valence-corrected chi connectivity index (χ1v) is 10.6. The Kier molecular flexibility index (Phi) is 5.64. The van der Waals surface area contributed by atoms with Gasteiger partial charge in [-0.1, -0.05) is 12.1 Å². The number of para-hydroxylation sites is 1. The molecule has 0 spiro atoms. The third-order valence-electron chi connectivity index (χ3n) is 5.39. The van der Waals surface area contributed by atoms with Gasteiger partial charge in [0.05, 0.1) is 10.8 Å². The lowest BCUT2D eigenvalue weighted by atomic mass is 9.97. The number of piperidine rings is 1. The van der Waals surface area contributed by atoms with Gasteiger partial charge in [-0.2, -0.15) is 0 Å². The minimum Gasteiger partial charge on any atom is -0.488 e. The number of ether oxygens (including phenoxy) is 1. The molecule has 1 aromatic carbocycles. The fraction of sp³-hybridized carbons (Fsp3) is 0.429. The molecule has 3 N–H and O–H groups in total. The summed E-state index contributed by atoms with van der Waals surface area (Å²) in [6.07, 6.45) is 2.75. The zero-order valence-electron chi connectivity index (χ0n) is 15.8. The van der Waals surface area contributed by atoms with Crippen molar-refractivity contribution >= 4 is 23.2 Å². The predicted molar refractivity (Wildman–Crippen MR) is 109 cm³/mol. The minimum absolute atomic E-state index is 0.0362. The summed E-state index contributed by atoms with van der Waals surface area (Å²) >= 11 is 1.52. The van der Waals surface area contributed by atoms with Crippen molar-refractivity contribution in [3.8, 4) is 16.2 Å². The van der Waals surface area contributed by atoms with Crippen molar-refractivity contribution in [2.45, 2.75) is 25.9 Å². The number of nitrogens with one attached hydrogen (secondary N) is 1. The number of hydrogen-bond acceptors (Lipinski definition) is 5. The Labute approximate surface area is 168 Å². The maximum atomic E-state index is 12.6. The lowest BCUT2D eigenvalue weighted by Gasteiger charge is -2.31. The van der Waals surface area contributed by atoms with Crippen LogP contribution in [-0.2, 0) is 11.4 Å². The Morgan fingerprint density at radius 2 is 2.18 bits per heavy atom. The van der Waals surface area contributed by atoms with Crippen LogP contribution < -0.4 is 15.8 Å². The van der Waals surface area contributed by atoms with E-state index in [1.807, 2.05) is 30.3 Å². The Balaban J connectivity index is 1.29. The zero-order valence-corrected chi connectivity index (χ0v) is 16.6. The second kappa shape index (κ2) is 8.32. The van der Waals surface area contributed by atoms with E-state index in [0.29, 0.717) is 13.2 Å². The van der Waals surface area contributed by atoms with E-state index in [1.54, 1.807) is 0 Å².